The maximum atomic E-state index is 12.7. The zero-order valence-corrected chi connectivity index (χ0v) is 15.4. The second-order valence-electron chi connectivity index (χ2n) is 6.59. The third kappa shape index (κ3) is 4.20. The van der Waals surface area contributed by atoms with Crippen LogP contribution >= 0.6 is 0 Å². The van der Waals surface area contributed by atoms with E-state index in [4.69, 9.17) is 0 Å². The first-order valence-electron chi connectivity index (χ1n) is 9.19. The van der Waals surface area contributed by atoms with Gasteiger partial charge < -0.3 is 5.32 Å². The van der Waals surface area contributed by atoms with Gasteiger partial charge in [0.2, 0.25) is 5.91 Å². The van der Waals surface area contributed by atoms with E-state index >= 15 is 0 Å². The molecule has 0 aliphatic rings. The van der Waals surface area contributed by atoms with E-state index in [9.17, 15) is 4.79 Å². The first kappa shape index (κ1) is 17.9. The molecule has 0 fully saturated rings. The number of carbonyl (C=O) groups is 1. The lowest BCUT2D eigenvalue weighted by atomic mass is 9.95. The third-order valence-electron chi connectivity index (χ3n) is 4.80. The number of carbonyl (C=O) groups excluding carboxylic acids is 1. The topological polar surface area (TPSA) is 29.1 Å². The van der Waals surface area contributed by atoms with Gasteiger partial charge in [0, 0.05) is 0 Å². The van der Waals surface area contributed by atoms with Crippen LogP contribution in [-0.2, 0) is 4.79 Å². The summed E-state index contributed by atoms with van der Waals surface area (Å²) in [5.41, 5.74) is 4.56. The summed E-state index contributed by atoms with van der Waals surface area (Å²) < 4.78 is 0. The van der Waals surface area contributed by atoms with Crippen molar-refractivity contribution in [3.8, 4) is 11.1 Å². The van der Waals surface area contributed by atoms with Gasteiger partial charge in [0.25, 0.3) is 0 Å². The average Bonchev–Trinajstić information content (AvgIpc) is 2.70. The smallest absolute Gasteiger partial charge is 0.228 e. The molecule has 0 heterocycles. The molecule has 1 N–H and O–H groups in total. The Morgan fingerprint density at radius 3 is 1.88 bits per heavy atom. The van der Waals surface area contributed by atoms with E-state index in [2.05, 4.69) is 48.6 Å². The van der Waals surface area contributed by atoms with E-state index in [0.717, 1.165) is 17.5 Å². The molecule has 0 aliphatic heterocycles. The third-order valence-corrected chi connectivity index (χ3v) is 4.80. The molecule has 0 spiro atoms. The average molecular weight is 343 g/mol. The van der Waals surface area contributed by atoms with Gasteiger partial charge in [-0.15, -0.1) is 0 Å². The largest absolute Gasteiger partial charge is 0.349 e. The van der Waals surface area contributed by atoms with E-state index in [-0.39, 0.29) is 17.9 Å². The quantitative estimate of drug-likeness (QED) is 0.609. The van der Waals surface area contributed by atoms with Crippen molar-refractivity contribution in [2.24, 2.45) is 0 Å². The standard InChI is InChI=1S/C24H25NO/c1-3-23(22-12-8-5-9-13-22)24(26)25-18(2)19-14-16-21(17-15-19)20-10-6-4-7-11-20/h4-18,23H,3H2,1-2H3,(H,25,26). The van der Waals surface area contributed by atoms with Crippen LogP contribution in [0.1, 0.15) is 43.4 Å². The predicted molar refractivity (Wildman–Crippen MR) is 108 cm³/mol. The summed E-state index contributed by atoms with van der Waals surface area (Å²) in [5, 5.41) is 3.17. The van der Waals surface area contributed by atoms with Crippen LogP contribution in [0.2, 0.25) is 0 Å². The fourth-order valence-electron chi connectivity index (χ4n) is 3.25. The highest BCUT2D eigenvalue weighted by atomic mass is 16.1. The lowest BCUT2D eigenvalue weighted by molar-refractivity contribution is -0.123. The number of hydrogen-bond donors (Lipinski definition) is 1. The van der Waals surface area contributed by atoms with Gasteiger partial charge in [-0.2, -0.15) is 0 Å². The summed E-state index contributed by atoms with van der Waals surface area (Å²) >= 11 is 0. The van der Waals surface area contributed by atoms with Crippen LogP contribution in [0.25, 0.3) is 11.1 Å². The van der Waals surface area contributed by atoms with Gasteiger partial charge in [-0.05, 0) is 35.6 Å². The van der Waals surface area contributed by atoms with Crippen LogP contribution in [-0.4, -0.2) is 5.91 Å². The summed E-state index contributed by atoms with van der Waals surface area (Å²) in [6, 6.07) is 28.7. The molecule has 1 amide bonds. The van der Waals surface area contributed by atoms with Gasteiger partial charge in [-0.1, -0.05) is 91.9 Å². The van der Waals surface area contributed by atoms with Crippen LogP contribution in [0.4, 0.5) is 0 Å². The van der Waals surface area contributed by atoms with E-state index in [1.807, 2.05) is 55.5 Å². The summed E-state index contributed by atoms with van der Waals surface area (Å²) in [7, 11) is 0. The molecule has 0 aliphatic carbocycles. The summed E-state index contributed by atoms with van der Waals surface area (Å²) in [5.74, 6) is -0.0272. The molecule has 2 nitrogen and oxygen atoms in total. The Hall–Kier alpha value is -2.87. The van der Waals surface area contributed by atoms with Gasteiger partial charge in [-0.3, -0.25) is 4.79 Å². The minimum atomic E-state index is -0.109. The van der Waals surface area contributed by atoms with Gasteiger partial charge in [0.1, 0.15) is 0 Å². The molecule has 3 aromatic rings. The van der Waals surface area contributed by atoms with E-state index in [0.29, 0.717) is 0 Å². The monoisotopic (exact) mass is 343 g/mol. The Balaban J connectivity index is 1.69. The Morgan fingerprint density at radius 1 is 0.769 bits per heavy atom. The van der Waals surface area contributed by atoms with Crippen molar-refractivity contribution in [3.05, 3.63) is 96.1 Å². The maximum absolute atomic E-state index is 12.7. The highest BCUT2D eigenvalue weighted by molar-refractivity contribution is 5.84. The SMILES string of the molecule is CCC(C(=O)NC(C)c1ccc(-c2ccccc2)cc1)c1ccccc1. The van der Waals surface area contributed by atoms with Crippen LogP contribution in [0.3, 0.4) is 0 Å². The molecular formula is C24H25NO. The Labute approximate surface area is 155 Å². The molecule has 0 aromatic heterocycles. The number of rotatable bonds is 6. The lowest BCUT2D eigenvalue weighted by Gasteiger charge is -2.20. The second-order valence-corrected chi connectivity index (χ2v) is 6.59. The number of hydrogen-bond acceptors (Lipinski definition) is 1. The van der Waals surface area contributed by atoms with Crippen LogP contribution in [0.15, 0.2) is 84.9 Å². The van der Waals surface area contributed by atoms with Crippen molar-refractivity contribution in [1.82, 2.24) is 5.32 Å². The zero-order valence-electron chi connectivity index (χ0n) is 15.4. The lowest BCUT2D eigenvalue weighted by Crippen LogP contribution is -2.31. The van der Waals surface area contributed by atoms with Gasteiger partial charge in [0.15, 0.2) is 0 Å². The molecule has 0 radical (unpaired) electrons. The first-order valence-corrected chi connectivity index (χ1v) is 9.19. The highest BCUT2D eigenvalue weighted by Gasteiger charge is 2.20. The molecule has 26 heavy (non-hydrogen) atoms. The normalized spacial score (nSPS) is 13.0. The minimum absolute atomic E-state index is 0.0231. The number of amides is 1. The molecule has 0 saturated heterocycles. The fraction of sp³-hybridized carbons (Fsp3) is 0.208. The molecule has 2 unspecified atom stereocenters. The van der Waals surface area contributed by atoms with Gasteiger partial charge in [-0.25, -0.2) is 0 Å². The fourth-order valence-corrected chi connectivity index (χ4v) is 3.25. The number of benzene rings is 3. The van der Waals surface area contributed by atoms with Crippen LogP contribution < -0.4 is 5.32 Å². The van der Waals surface area contributed by atoms with E-state index in [1.54, 1.807) is 0 Å². The Bertz CT molecular complexity index is 825. The molecule has 0 saturated carbocycles. The molecule has 3 aromatic carbocycles. The molecule has 3 rings (SSSR count). The van der Waals surface area contributed by atoms with Crippen molar-refractivity contribution in [2.45, 2.75) is 32.2 Å². The van der Waals surface area contributed by atoms with Gasteiger partial charge in [0.05, 0.1) is 12.0 Å². The molecule has 0 bridgehead atoms. The Kier molecular flexibility index (Phi) is 5.85. The molecule has 132 valence electrons. The molecular weight excluding hydrogens is 318 g/mol. The maximum Gasteiger partial charge on any atom is 0.228 e. The Morgan fingerprint density at radius 2 is 1.31 bits per heavy atom. The minimum Gasteiger partial charge on any atom is -0.349 e. The van der Waals surface area contributed by atoms with E-state index < -0.39 is 0 Å². The summed E-state index contributed by atoms with van der Waals surface area (Å²) in [6.45, 7) is 4.09. The number of nitrogens with one attached hydrogen (secondary N) is 1. The predicted octanol–water partition coefficient (Wildman–Crippen LogP) is 5.72. The van der Waals surface area contributed by atoms with Crippen molar-refractivity contribution >= 4 is 5.91 Å². The second kappa shape index (κ2) is 8.48. The van der Waals surface area contributed by atoms with Crippen LogP contribution in [0, 0.1) is 0 Å². The van der Waals surface area contributed by atoms with Gasteiger partial charge >= 0.3 is 0 Å². The summed E-state index contributed by atoms with van der Waals surface area (Å²) in [6.07, 6.45) is 0.787. The first-order chi connectivity index (χ1) is 12.7. The van der Waals surface area contributed by atoms with Crippen molar-refractivity contribution in [2.75, 3.05) is 0 Å². The van der Waals surface area contributed by atoms with Crippen LogP contribution in [0.5, 0.6) is 0 Å². The van der Waals surface area contributed by atoms with Crippen molar-refractivity contribution in [1.29, 1.82) is 0 Å². The summed E-state index contributed by atoms with van der Waals surface area (Å²) in [4.78, 5) is 12.7. The van der Waals surface area contributed by atoms with Crippen molar-refractivity contribution < 1.29 is 4.79 Å². The molecule has 2 heteroatoms. The highest BCUT2D eigenvalue weighted by Crippen LogP contribution is 2.24. The van der Waals surface area contributed by atoms with E-state index in [1.165, 1.54) is 11.1 Å². The molecule has 2 atom stereocenters. The van der Waals surface area contributed by atoms with Crippen molar-refractivity contribution in [3.63, 3.8) is 0 Å². The zero-order chi connectivity index (χ0) is 18.4.